The maximum Gasteiger partial charge on any atom is 0.410 e. The van der Waals surface area contributed by atoms with Crippen LogP contribution in [0.15, 0.2) is 29.3 Å². The second-order valence-corrected chi connectivity index (χ2v) is 6.78. The molecule has 1 aromatic rings. The van der Waals surface area contributed by atoms with Crippen LogP contribution in [-0.2, 0) is 11.3 Å². The minimum Gasteiger partial charge on any atom is -0.444 e. The lowest BCUT2D eigenvalue weighted by Crippen LogP contribution is -2.63. The Morgan fingerprint density at radius 3 is 2.44 bits per heavy atom. The molecule has 1 heterocycles. The van der Waals surface area contributed by atoms with E-state index in [2.05, 4.69) is 15.6 Å². The molecular weight excluding hydrogens is 438 g/mol. The minimum absolute atomic E-state index is 0. The summed E-state index contributed by atoms with van der Waals surface area (Å²) in [6.45, 7) is 7.24. The van der Waals surface area contributed by atoms with Crippen molar-refractivity contribution in [2.45, 2.75) is 39.0 Å². The number of halogens is 2. The molecule has 0 unspecified atom stereocenters. The highest BCUT2D eigenvalue weighted by Crippen LogP contribution is 2.15. The second-order valence-electron chi connectivity index (χ2n) is 6.78. The standard InChI is InChI=1S/C17H25FN4O2.HI/c1-17(2,3)24-16(23)22-10-14(11-22)21-15(19-4)20-9-12-5-7-13(18)8-6-12;/h5-8,14H,9-11H2,1-4H3,(H2,19,20,21);1H. The van der Waals surface area contributed by atoms with E-state index in [9.17, 15) is 9.18 Å². The second kappa shape index (κ2) is 9.21. The summed E-state index contributed by atoms with van der Waals surface area (Å²) in [5.41, 5.74) is 0.478. The van der Waals surface area contributed by atoms with Crippen LogP contribution >= 0.6 is 24.0 Å². The van der Waals surface area contributed by atoms with Crippen molar-refractivity contribution in [2.75, 3.05) is 20.1 Å². The number of likely N-dealkylation sites (tertiary alicyclic amines) is 1. The number of hydrogen-bond acceptors (Lipinski definition) is 3. The zero-order valence-corrected chi connectivity index (χ0v) is 17.3. The Balaban J connectivity index is 0.00000312. The normalized spacial score (nSPS) is 15.1. The van der Waals surface area contributed by atoms with Crippen LogP contribution < -0.4 is 10.6 Å². The third-order valence-electron chi connectivity index (χ3n) is 3.47. The number of ether oxygens (including phenoxy) is 1. The fourth-order valence-corrected chi connectivity index (χ4v) is 2.22. The molecule has 0 radical (unpaired) electrons. The van der Waals surface area contributed by atoms with E-state index in [4.69, 9.17) is 4.74 Å². The van der Waals surface area contributed by atoms with Gasteiger partial charge < -0.3 is 20.3 Å². The van der Waals surface area contributed by atoms with E-state index < -0.39 is 5.60 Å². The first-order valence-corrected chi connectivity index (χ1v) is 7.96. The third kappa shape index (κ3) is 7.05. The summed E-state index contributed by atoms with van der Waals surface area (Å²) < 4.78 is 18.2. The van der Waals surface area contributed by atoms with Crippen molar-refractivity contribution in [2.24, 2.45) is 4.99 Å². The number of amides is 1. The minimum atomic E-state index is -0.484. The highest BCUT2D eigenvalue weighted by Gasteiger charge is 2.34. The molecule has 1 fully saturated rings. The van der Waals surface area contributed by atoms with Crippen molar-refractivity contribution in [3.63, 3.8) is 0 Å². The first-order chi connectivity index (χ1) is 11.3. The molecule has 0 bridgehead atoms. The van der Waals surface area contributed by atoms with Gasteiger partial charge in [-0.15, -0.1) is 24.0 Å². The van der Waals surface area contributed by atoms with Crippen LogP contribution in [0.2, 0.25) is 0 Å². The van der Waals surface area contributed by atoms with Gasteiger partial charge in [-0.3, -0.25) is 4.99 Å². The summed E-state index contributed by atoms with van der Waals surface area (Å²) in [6, 6.07) is 6.44. The molecule has 1 saturated heterocycles. The van der Waals surface area contributed by atoms with Gasteiger partial charge in [-0.05, 0) is 38.5 Å². The molecule has 1 aliphatic rings. The molecule has 140 valence electrons. The van der Waals surface area contributed by atoms with Gasteiger partial charge in [0, 0.05) is 26.7 Å². The van der Waals surface area contributed by atoms with Crippen LogP contribution in [0.5, 0.6) is 0 Å². The monoisotopic (exact) mass is 464 g/mol. The number of guanidine groups is 1. The summed E-state index contributed by atoms with van der Waals surface area (Å²) in [4.78, 5) is 17.7. The van der Waals surface area contributed by atoms with Gasteiger partial charge in [0.2, 0.25) is 0 Å². The molecule has 0 atom stereocenters. The number of nitrogens with zero attached hydrogens (tertiary/aromatic N) is 2. The quantitative estimate of drug-likeness (QED) is 0.410. The van der Waals surface area contributed by atoms with Gasteiger partial charge in [0.25, 0.3) is 0 Å². The number of rotatable bonds is 3. The van der Waals surface area contributed by atoms with Crippen LogP contribution in [0.1, 0.15) is 26.3 Å². The lowest BCUT2D eigenvalue weighted by molar-refractivity contribution is 0.00701. The maximum absolute atomic E-state index is 12.9. The molecule has 8 heteroatoms. The van der Waals surface area contributed by atoms with Crippen molar-refractivity contribution in [3.05, 3.63) is 35.6 Å². The Labute approximate surface area is 165 Å². The Bertz CT molecular complexity index is 596. The molecule has 0 aromatic heterocycles. The lowest BCUT2D eigenvalue weighted by atomic mass is 10.1. The van der Waals surface area contributed by atoms with E-state index in [1.807, 2.05) is 20.8 Å². The van der Waals surface area contributed by atoms with Gasteiger partial charge in [0.1, 0.15) is 11.4 Å². The molecule has 0 aliphatic carbocycles. The van der Waals surface area contributed by atoms with Crippen LogP contribution in [0.25, 0.3) is 0 Å². The number of hydrogen-bond donors (Lipinski definition) is 2. The molecule has 0 spiro atoms. The maximum atomic E-state index is 12.9. The first-order valence-electron chi connectivity index (χ1n) is 7.96. The highest BCUT2D eigenvalue weighted by molar-refractivity contribution is 14.0. The summed E-state index contributed by atoms with van der Waals surface area (Å²) in [5.74, 6) is 0.395. The van der Waals surface area contributed by atoms with Crippen LogP contribution in [0.3, 0.4) is 0 Å². The summed E-state index contributed by atoms with van der Waals surface area (Å²) in [7, 11) is 1.68. The molecule has 1 aliphatic heterocycles. The molecule has 2 rings (SSSR count). The van der Waals surface area contributed by atoms with E-state index in [1.54, 1.807) is 24.1 Å². The first kappa shape index (κ1) is 21.5. The largest absolute Gasteiger partial charge is 0.444 e. The number of carbonyl (C=O) groups excluding carboxylic acids is 1. The summed E-state index contributed by atoms with van der Waals surface area (Å²) in [6.07, 6.45) is -0.296. The molecule has 2 N–H and O–H groups in total. The van der Waals surface area contributed by atoms with Crippen molar-refractivity contribution < 1.29 is 13.9 Å². The van der Waals surface area contributed by atoms with Crippen molar-refractivity contribution in [1.82, 2.24) is 15.5 Å². The predicted octanol–water partition coefficient (Wildman–Crippen LogP) is 2.73. The van der Waals surface area contributed by atoms with E-state index >= 15 is 0 Å². The molecule has 6 nitrogen and oxygen atoms in total. The average molecular weight is 464 g/mol. The fourth-order valence-electron chi connectivity index (χ4n) is 2.22. The van der Waals surface area contributed by atoms with E-state index in [1.165, 1.54) is 12.1 Å². The Kier molecular flexibility index (Phi) is 7.91. The number of nitrogens with one attached hydrogen (secondary N) is 2. The van der Waals surface area contributed by atoms with Crippen LogP contribution in [0, 0.1) is 5.82 Å². The van der Waals surface area contributed by atoms with Crippen LogP contribution in [-0.4, -0.2) is 48.7 Å². The molecule has 1 aromatic carbocycles. The van der Waals surface area contributed by atoms with E-state index in [-0.39, 0.29) is 41.9 Å². The topological polar surface area (TPSA) is 66.0 Å². The smallest absolute Gasteiger partial charge is 0.410 e. The number of aliphatic imine (C=N–C) groups is 1. The van der Waals surface area contributed by atoms with Gasteiger partial charge in [-0.25, -0.2) is 9.18 Å². The third-order valence-corrected chi connectivity index (χ3v) is 3.47. The van der Waals surface area contributed by atoms with Crippen molar-refractivity contribution >= 4 is 36.0 Å². The highest BCUT2D eigenvalue weighted by atomic mass is 127. The SMILES string of the molecule is CN=C(NCc1ccc(F)cc1)NC1CN(C(=O)OC(C)(C)C)C1.I. The summed E-state index contributed by atoms with van der Waals surface area (Å²) >= 11 is 0. The Morgan fingerprint density at radius 2 is 1.92 bits per heavy atom. The van der Waals surface area contributed by atoms with Gasteiger partial charge in [0.15, 0.2) is 5.96 Å². The van der Waals surface area contributed by atoms with E-state index in [0.29, 0.717) is 25.6 Å². The van der Waals surface area contributed by atoms with Gasteiger partial charge in [-0.2, -0.15) is 0 Å². The molecular formula is C17H26FIN4O2. The van der Waals surface area contributed by atoms with Crippen molar-refractivity contribution in [3.8, 4) is 0 Å². The molecule has 0 saturated carbocycles. The van der Waals surface area contributed by atoms with Gasteiger partial charge >= 0.3 is 6.09 Å². The number of carbonyl (C=O) groups is 1. The molecule has 25 heavy (non-hydrogen) atoms. The Morgan fingerprint density at radius 1 is 1.32 bits per heavy atom. The zero-order chi connectivity index (χ0) is 17.7. The fraction of sp³-hybridized carbons (Fsp3) is 0.529. The van der Waals surface area contributed by atoms with E-state index in [0.717, 1.165) is 5.56 Å². The molecule has 1 amide bonds. The van der Waals surface area contributed by atoms with Crippen LogP contribution in [0.4, 0.5) is 9.18 Å². The Hall–Kier alpha value is -1.58. The van der Waals surface area contributed by atoms with Gasteiger partial charge in [0.05, 0.1) is 6.04 Å². The van der Waals surface area contributed by atoms with Gasteiger partial charge in [-0.1, -0.05) is 12.1 Å². The lowest BCUT2D eigenvalue weighted by Gasteiger charge is -2.40. The zero-order valence-electron chi connectivity index (χ0n) is 15.0. The predicted molar refractivity (Wildman–Crippen MR) is 107 cm³/mol. The van der Waals surface area contributed by atoms with Crippen molar-refractivity contribution in [1.29, 1.82) is 0 Å². The average Bonchev–Trinajstić information content (AvgIpc) is 2.45. The number of benzene rings is 1. The summed E-state index contributed by atoms with van der Waals surface area (Å²) in [5, 5.41) is 6.42.